The molecular weight excluding hydrogens is 292 g/mol. The first-order valence-electron chi connectivity index (χ1n) is 7.81. The van der Waals surface area contributed by atoms with Crippen molar-refractivity contribution in [2.75, 3.05) is 33.8 Å². The number of rotatable bonds is 8. The number of benzene rings is 1. The van der Waals surface area contributed by atoms with Crippen LogP contribution in [0.5, 0.6) is 0 Å². The molecule has 1 amide bonds. The van der Waals surface area contributed by atoms with E-state index in [1.165, 1.54) is 0 Å². The number of carbonyl (C=O) groups excluding carboxylic acids is 1. The lowest BCUT2D eigenvalue weighted by Crippen LogP contribution is -2.45. The highest BCUT2D eigenvalue weighted by molar-refractivity contribution is 5.94. The first kappa shape index (κ1) is 19.0. The summed E-state index contributed by atoms with van der Waals surface area (Å²) >= 11 is 0. The number of hydrogen-bond acceptors (Lipinski definition) is 3. The van der Waals surface area contributed by atoms with E-state index < -0.39 is 0 Å². The lowest BCUT2D eigenvalue weighted by molar-refractivity contribution is 0.0268. The van der Waals surface area contributed by atoms with Crippen LogP contribution >= 0.6 is 0 Å². The number of hydrogen-bond donors (Lipinski definition) is 3. The van der Waals surface area contributed by atoms with Crippen molar-refractivity contribution in [3.05, 3.63) is 35.9 Å². The summed E-state index contributed by atoms with van der Waals surface area (Å²) in [6.45, 7) is 6.01. The van der Waals surface area contributed by atoms with Gasteiger partial charge >= 0.3 is 0 Å². The van der Waals surface area contributed by atoms with Gasteiger partial charge in [-0.15, -0.1) is 0 Å². The smallest absolute Gasteiger partial charge is 0.251 e. The molecular formula is C17H28N4O2. The van der Waals surface area contributed by atoms with Crippen LogP contribution in [0.15, 0.2) is 35.3 Å². The molecule has 0 fully saturated rings. The van der Waals surface area contributed by atoms with Crippen molar-refractivity contribution in [3.63, 3.8) is 0 Å². The SMILES string of the molecule is CN=C(NCCCNC(=O)c1ccccc1)NCC(C)(C)OC. The van der Waals surface area contributed by atoms with Crippen molar-refractivity contribution in [1.82, 2.24) is 16.0 Å². The monoisotopic (exact) mass is 320 g/mol. The van der Waals surface area contributed by atoms with Gasteiger partial charge in [-0.1, -0.05) is 18.2 Å². The highest BCUT2D eigenvalue weighted by atomic mass is 16.5. The Balaban J connectivity index is 2.19. The van der Waals surface area contributed by atoms with Crippen LogP contribution in [-0.4, -0.2) is 51.3 Å². The summed E-state index contributed by atoms with van der Waals surface area (Å²) in [7, 11) is 3.42. The van der Waals surface area contributed by atoms with Gasteiger partial charge in [-0.25, -0.2) is 0 Å². The van der Waals surface area contributed by atoms with Crippen molar-refractivity contribution in [3.8, 4) is 0 Å². The molecule has 0 bridgehead atoms. The second-order valence-corrected chi connectivity index (χ2v) is 5.79. The lowest BCUT2D eigenvalue weighted by atomic mass is 10.1. The van der Waals surface area contributed by atoms with Gasteiger partial charge in [-0.05, 0) is 32.4 Å². The molecule has 0 saturated carbocycles. The van der Waals surface area contributed by atoms with Gasteiger partial charge in [0, 0.05) is 39.4 Å². The minimum atomic E-state index is -0.249. The first-order valence-corrected chi connectivity index (χ1v) is 7.81. The van der Waals surface area contributed by atoms with Gasteiger partial charge < -0.3 is 20.7 Å². The Morgan fingerprint density at radius 3 is 2.39 bits per heavy atom. The van der Waals surface area contributed by atoms with Gasteiger partial charge in [-0.3, -0.25) is 9.79 Å². The summed E-state index contributed by atoms with van der Waals surface area (Å²) in [5.41, 5.74) is 0.432. The van der Waals surface area contributed by atoms with E-state index in [4.69, 9.17) is 4.74 Å². The van der Waals surface area contributed by atoms with E-state index in [9.17, 15) is 4.79 Å². The third-order valence-corrected chi connectivity index (χ3v) is 3.43. The van der Waals surface area contributed by atoms with Crippen molar-refractivity contribution in [1.29, 1.82) is 0 Å². The zero-order valence-electron chi connectivity index (χ0n) is 14.5. The van der Waals surface area contributed by atoms with E-state index in [0.717, 1.165) is 18.9 Å². The van der Waals surface area contributed by atoms with Crippen molar-refractivity contribution < 1.29 is 9.53 Å². The molecule has 1 rings (SSSR count). The quantitative estimate of drug-likeness (QED) is 0.384. The molecule has 23 heavy (non-hydrogen) atoms. The Labute approximate surface area is 138 Å². The molecule has 6 nitrogen and oxygen atoms in total. The second kappa shape index (κ2) is 9.84. The van der Waals surface area contributed by atoms with Crippen LogP contribution in [-0.2, 0) is 4.74 Å². The van der Waals surface area contributed by atoms with Gasteiger partial charge in [0.15, 0.2) is 5.96 Å². The van der Waals surface area contributed by atoms with Gasteiger partial charge in [-0.2, -0.15) is 0 Å². The standard InChI is InChI=1S/C17H28N4O2/c1-17(2,23-4)13-21-16(18-3)20-12-8-11-19-15(22)14-9-6-5-7-10-14/h5-7,9-10H,8,11-13H2,1-4H3,(H,19,22)(H2,18,20,21). The van der Waals surface area contributed by atoms with E-state index in [0.29, 0.717) is 18.7 Å². The Morgan fingerprint density at radius 2 is 1.78 bits per heavy atom. The van der Waals surface area contributed by atoms with E-state index in [1.807, 2.05) is 32.0 Å². The largest absolute Gasteiger partial charge is 0.377 e. The predicted octanol–water partition coefficient (Wildman–Crippen LogP) is 1.40. The molecule has 0 unspecified atom stereocenters. The summed E-state index contributed by atoms with van der Waals surface area (Å²) in [4.78, 5) is 16.0. The number of methoxy groups -OCH3 is 1. The van der Waals surface area contributed by atoms with Crippen LogP contribution < -0.4 is 16.0 Å². The highest BCUT2D eigenvalue weighted by Gasteiger charge is 2.16. The van der Waals surface area contributed by atoms with Crippen LogP contribution in [0.25, 0.3) is 0 Å². The zero-order chi connectivity index (χ0) is 17.1. The fraction of sp³-hybridized carbons (Fsp3) is 0.529. The number of guanidine groups is 1. The van der Waals surface area contributed by atoms with Gasteiger partial charge in [0.05, 0.1) is 5.60 Å². The van der Waals surface area contributed by atoms with Crippen LogP contribution in [0.4, 0.5) is 0 Å². The Morgan fingerprint density at radius 1 is 1.13 bits per heavy atom. The van der Waals surface area contributed by atoms with E-state index in [1.54, 1.807) is 26.3 Å². The maximum Gasteiger partial charge on any atom is 0.251 e. The van der Waals surface area contributed by atoms with Crippen LogP contribution in [0.2, 0.25) is 0 Å². The molecule has 0 radical (unpaired) electrons. The molecule has 1 aromatic rings. The molecule has 6 heteroatoms. The second-order valence-electron chi connectivity index (χ2n) is 5.79. The first-order chi connectivity index (χ1) is 11.0. The normalized spacial score (nSPS) is 11.9. The summed E-state index contributed by atoms with van der Waals surface area (Å²) in [5.74, 6) is 0.680. The van der Waals surface area contributed by atoms with E-state index >= 15 is 0 Å². The molecule has 0 heterocycles. The average Bonchev–Trinajstić information content (AvgIpc) is 2.57. The number of nitrogens with zero attached hydrogens (tertiary/aromatic N) is 1. The van der Waals surface area contributed by atoms with E-state index in [2.05, 4.69) is 20.9 Å². The molecule has 128 valence electrons. The summed E-state index contributed by atoms with van der Waals surface area (Å²) in [6, 6.07) is 9.21. The fourth-order valence-corrected chi connectivity index (χ4v) is 1.78. The van der Waals surface area contributed by atoms with Gasteiger partial charge in [0.25, 0.3) is 5.91 Å². The molecule has 0 aliphatic carbocycles. The number of nitrogens with one attached hydrogen (secondary N) is 3. The van der Waals surface area contributed by atoms with Crippen LogP contribution in [0.1, 0.15) is 30.6 Å². The topological polar surface area (TPSA) is 74.8 Å². The predicted molar refractivity (Wildman–Crippen MR) is 93.8 cm³/mol. The number of aliphatic imine (C=N–C) groups is 1. The Hall–Kier alpha value is -2.08. The number of carbonyl (C=O) groups is 1. The number of amides is 1. The molecule has 1 aromatic carbocycles. The third kappa shape index (κ3) is 7.65. The molecule has 0 saturated heterocycles. The van der Waals surface area contributed by atoms with Gasteiger partial charge in [0.1, 0.15) is 0 Å². The molecule has 0 aliphatic rings. The summed E-state index contributed by atoms with van der Waals surface area (Å²) in [6.07, 6.45) is 0.812. The molecule has 0 atom stereocenters. The third-order valence-electron chi connectivity index (χ3n) is 3.43. The Bertz CT molecular complexity index is 501. The summed E-state index contributed by atoms with van der Waals surface area (Å²) in [5, 5.41) is 9.32. The van der Waals surface area contributed by atoms with Crippen LogP contribution in [0.3, 0.4) is 0 Å². The van der Waals surface area contributed by atoms with Gasteiger partial charge in [0.2, 0.25) is 0 Å². The van der Waals surface area contributed by atoms with Crippen LogP contribution in [0, 0.1) is 0 Å². The minimum Gasteiger partial charge on any atom is -0.377 e. The zero-order valence-corrected chi connectivity index (χ0v) is 14.5. The van der Waals surface area contributed by atoms with E-state index in [-0.39, 0.29) is 11.5 Å². The van der Waals surface area contributed by atoms with Crippen molar-refractivity contribution >= 4 is 11.9 Å². The highest BCUT2D eigenvalue weighted by Crippen LogP contribution is 2.04. The number of ether oxygens (including phenoxy) is 1. The fourth-order valence-electron chi connectivity index (χ4n) is 1.78. The Kier molecular flexibility index (Phi) is 8.11. The maximum absolute atomic E-state index is 11.9. The molecule has 0 aliphatic heterocycles. The lowest BCUT2D eigenvalue weighted by Gasteiger charge is -2.24. The molecule has 0 aromatic heterocycles. The minimum absolute atomic E-state index is 0.0463. The molecule has 3 N–H and O–H groups in total. The average molecular weight is 320 g/mol. The summed E-state index contributed by atoms with van der Waals surface area (Å²) < 4.78 is 5.35. The van der Waals surface area contributed by atoms with Crippen molar-refractivity contribution in [2.24, 2.45) is 4.99 Å². The molecule has 0 spiro atoms. The van der Waals surface area contributed by atoms with Crippen molar-refractivity contribution in [2.45, 2.75) is 25.9 Å². The maximum atomic E-state index is 11.9.